The van der Waals surface area contributed by atoms with Gasteiger partial charge in [0.25, 0.3) is 5.91 Å². The SMILES string of the molecule is Cc1cccc2[nH]c(C(=O)N(C)C(=N)N)cc12.Cl. The van der Waals surface area contributed by atoms with Crippen molar-refractivity contribution >= 4 is 35.2 Å². The monoisotopic (exact) mass is 266 g/mol. The molecule has 1 aromatic heterocycles. The summed E-state index contributed by atoms with van der Waals surface area (Å²) in [7, 11) is 1.48. The second-order valence-corrected chi connectivity index (χ2v) is 3.97. The third-order valence-corrected chi connectivity index (χ3v) is 2.78. The van der Waals surface area contributed by atoms with Gasteiger partial charge in [0, 0.05) is 18.0 Å². The van der Waals surface area contributed by atoms with Crippen LogP contribution in [0.15, 0.2) is 24.3 Å². The van der Waals surface area contributed by atoms with Crippen molar-refractivity contribution in [3.63, 3.8) is 0 Å². The first kappa shape index (κ1) is 14.1. The van der Waals surface area contributed by atoms with Crippen LogP contribution in [0, 0.1) is 12.3 Å². The zero-order valence-corrected chi connectivity index (χ0v) is 11.0. The smallest absolute Gasteiger partial charge is 0.276 e. The average molecular weight is 267 g/mol. The minimum absolute atomic E-state index is 0. The highest BCUT2D eigenvalue weighted by Crippen LogP contribution is 2.19. The number of aromatic amines is 1. The molecule has 2 rings (SSSR count). The lowest BCUT2D eigenvalue weighted by Gasteiger charge is -2.12. The maximum absolute atomic E-state index is 11.9. The van der Waals surface area contributed by atoms with E-state index in [2.05, 4.69) is 4.98 Å². The number of guanidine groups is 1. The Hall–Kier alpha value is -2.01. The molecule has 0 unspecified atom stereocenters. The number of halogens is 1. The Kier molecular flexibility index (Phi) is 3.98. The molecular weight excluding hydrogens is 252 g/mol. The Morgan fingerprint density at radius 1 is 1.44 bits per heavy atom. The first-order valence-corrected chi connectivity index (χ1v) is 5.21. The molecule has 0 aliphatic carbocycles. The Labute approximate surface area is 111 Å². The molecule has 96 valence electrons. The molecule has 0 saturated carbocycles. The number of nitrogens with two attached hydrogens (primary N) is 1. The van der Waals surface area contributed by atoms with Crippen LogP contribution in [0.2, 0.25) is 0 Å². The molecule has 1 amide bonds. The normalized spacial score (nSPS) is 9.89. The molecule has 2 aromatic rings. The number of nitrogens with zero attached hydrogens (tertiary/aromatic N) is 1. The van der Waals surface area contributed by atoms with Crippen molar-refractivity contribution in [3.05, 3.63) is 35.5 Å². The van der Waals surface area contributed by atoms with E-state index in [1.54, 1.807) is 6.07 Å². The standard InChI is InChI=1S/C12H14N4O.ClH/c1-7-4-3-5-9-8(7)6-10(15-9)11(17)16(2)12(13)14;/h3-6,15H,1-2H3,(H3,13,14);1H. The average Bonchev–Trinajstić information content (AvgIpc) is 2.72. The van der Waals surface area contributed by atoms with Gasteiger partial charge in [-0.05, 0) is 24.6 Å². The second kappa shape index (κ2) is 5.10. The van der Waals surface area contributed by atoms with Crippen LogP contribution < -0.4 is 5.73 Å². The van der Waals surface area contributed by atoms with Crippen LogP contribution >= 0.6 is 12.4 Å². The van der Waals surface area contributed by atoms with Gasteiger partial charge in [-0.15, -0.1) is 12.4 Å². The van der Waals surface area contributed by atoms with Gasteiger partial charge in [-0.2, -0.15) is 0 Å². The van der Waals surface area contributed by atoms with Crippen LogP contribution in [-0.2, 0) is 0 Å². The van der Waals surface area contributed by atoms with Gasteiger partial charge in [0.15, 0.2) is 5.96 Å². The summed E-state index contributed by atoms with van der Waals surface area (Å²) in [6.45, 7) is 1.99. The number of aromatic nitrogens is 1. The van der Waals surface area contributed by atoms with Crippen LogP contribution in [-0.4, -0.2) is 28.8 Å². The predicted octanol–water partition coefficient (Wildman–Crippen LogP) is 1.86. The summed E-state index contributed by atoms with van der Waals surface area (Å²) in [6.07, 6.45) is 0. The van der Waals surface area contributed by atoms with Gasteiger partial charge in [-0.25, -0.2) is 0 Å². The fourth-order valence-corrected chi connectivity index (χ4v) is 1.71. The topological polar surface area (TPSA) is 86.0 Å². The zero-order valence-electron chi connectivity index (χ0n) is 10.2. The molecular formula is C12H15ClN4O. The zero-order chi connectivity index (χ0) is 12.6. The number of nitrogens with one attached hydrogen (secondary N) is 2. The Morgan fingerprint density at radius 2 is 2.11 bits per heavy atom. The van der Waals surface area contributed by atoms with Crippen molar-refractivity contribution < 1.29 is 4.79 Å². The van der Waals surface area contributed by atoms with Crippen LogP contribution in [0.25, 0.3) is 10.9 Å². The maximum Gasteiger partial charge on any atom is 0.276 e. The summed E-state index contributed by atoms with van der Waals surface area (Å²) in [5.41, 5.74) is 7.72. The fraction of sp³-hybridized carbons (Fsp3) is 0.167. The summed E-state index contributed by atoms with van der Waals surface area (Å²) in [6, 6.07) is 7.61. The van der Waals surface area contributed by atoms with E-state index in [0.29, 0.717) is 5.69 Å². The number of benzene rings is 1. The van der Waals surface area contributed by atoms with Crippen molar-refractivity contribution in [2.24, 2.45) is 5.73 Å². The summed E-state index contributed by atoms with van der Waals surface area (Å²) in [4.78, 5) is 16.1. The van der Waals surface area contributed by atoms with Gasteiger partial charge in [0.1, 0.15) is 5.69 Å². The predicted molar refractivity (Wildman–Crippen MR) is 74.3 cm³/mol. The molecule has 0 aliphatic heterocycles. The van der Waals surface area contributed by atoms with Crippen molar-refractivity contribution in [2.75, 3.05) is 7.05 Å². The van der Waals surface area contributed by atoms with E-state index in [-0.39, 0.29) is 24.3 Å². The minimum Gasteiger partial charge on any atom is -0.370 e. The fourth-order valence-electron chi connectivity index (χ4n) is 1.71. The largest absolute Gasteiger partial charge is 0.370 e. The molecule has 18 heavy (non-hydrogen) atoms. The Balaban J connectivity index is 0.00000162. The van der Waals surface area contributed by atoms with Gasteiger partial charge in [-0.1, -0.05) is 12.1 Å². The molecule has 0 spiro atoms. The second-order valence-electron chi connectivity index (χ2n) is 3.97. The van der Waals surface area contributed by atoms with Gasteiger partial charge in [0.05, 0.1) is 0 Å². The lowest BCUT2D eigenvalue weighted by Crippen LogP contribution is -2.38. The van der Waals surface area contributed by atoms with E-state index >= 15 is 0 Å². The highest BCUT2D eigenvalue weighted by Gasteiger charge is 2.16. The van der Waals surface area contributed by atoms with Crippen molar-refractivity contribution in [1.29, 1.82) is 5.41 Å². The third kappa shape index (κ3) is 2.31. The summed E-state index contributed by atoms with van der Waals surface area (Å²) in [5, 5.41) is 8.23. The van der Waals surface area contributed by atoms with Crippen LogP contribution in [0.5, 0.6) is 0 Å². The van der Waals surface area contributed by atoms with Crippen LogP contribution in [0.1, 0.15) is 16.1 Å². The van der Waals surface area contributed by atoms with E-state index in [1.807, 2.05) is 25.1 Å². The maximum atomic E-state index is 11.9. The first-order valence-electron chi connectivity index (χ1n) is 5.21. The van der Waals surface area contributed by atoms with Gasteiger partial charge in [0.2, 0.25) is 0 Å². The Bertz CT molecular complexity index is 605. The quantitative estimate of drug-likeness (QED) is 0.544. The molecule has 6 heteroatoms. The summed E-state index contributed by atoms with van der Waals surface area (Å²) < 4.78 is 0. The lowest BCUT2D eigenvalue weighted by atomic mass is 10.1. The first-order chi connectivity index (χ1) is 8.00. The number of carbonyl (C=O) groups is 1. The van der Waals surface area contributed by atoms with Gasteiger partial charge < -0.3 is 10.7 Å². The number of aryl methyl sites for hydroxylation is 1. The number of fused-ring (bicyclic) bond motifs is 1. The molecule has 5 nitrogen and oxygen atoms in total. The molecule has 4 N–H and O–H groups in total. The van der Waals surface area contributed by atoms with Crippen LogP contribution in [0.3, 0.4) is 0 Å². The van der Waals surface area contributed by atoms with Crippen molar-refractivity contribution in [2.45, 2.75) is 6.92 Å². The molecule has 0 aliphatic rings. The molecule has 0 saturated heterocycles. The molecule has 0 fully saturated rings. The molecule has 1 aromatic carbocycles. The molecule has 1 heterocycles. The number of H-pyrrole nitrogens is 1. The Morgan fingerprint density at radius 3 is 2.67 bits per heavy atom. The summed E-state index contributed by atoms with van der Waals surface area (Å²) >= 11 is 0. The number of hydrogen-bond donors (Lipinski definition) is 3. The highest BCUT2D eigenvalue weighted by atomic mass is 35.5. The van der Waals surface area contributed by atoms with Gasteiger partial charge >= 0.3 is 0 Å². The van der Waals surface area contributed by atoms with E-state index < -0.39 is 0 Å². The van der Waals surface area contributed by atoms with Crippen LogP contribution in [0.4, 0.5) is 0 Å². The minimum atomic E-state index is -0.312. The van der Waals surface area contributed by atoms with E-state index in [0.717, 1.165) is 21.4 Å². The molecule has 0 atom stereocenters. The number of carbonyl (C=O) groups excluding carboxylic acids is 1. The van der Waals surface area contributed by atoms with E-state index in [4.69, 9.17) is 11.1 Å². The van der Waals surface area contributed by atoms with Gasteiger partial charge in [-0.3, -0.25) is 15.1 Å². The van der Waals surface area contributed by atoms with E-state index in [9.17, 15) is 4.79 Å². The van der Waals surface area contributed by atoms with Crippen molar-refractivity contribution in [1.82, 2.24) is 9.88 Å². The van der Waals surface area contributed by atoms with E-state index in [1.165, 1.54) is 7.05 Å². The van der Waals surface area contributed by atoms with Crippen molar-refractivity contribution in [3.8, 4) is 0 Å². The highest BCUT2D eigenvalue weighted by molar-refractivity contribution is 6.05. The number of amides is 1. The summed E-state index contributed by atoms with van der Waals surface area (Å²) in [5.74, 6) is -0.585. The third-order valence-electron chi connectivity index (χ3n) is 2.78. The lowest BCUT2D eigenvalue weighted by molar-refractivity contribution is 0.0864. The number of hydrogen-bond acceptors (Lipinski definition) is 2. The number of rotatable bonds is 1. The molecule has 0 radical (unpaired) electrons. The molecule has 0 bridgehead atoms.